The molecule has 1 aliphatic heterocycles. The van der Waals surface area contributed by atoms with E-state index in [1.54, 1.807) is 0 Å². The van der Waals surface area contributed by atoms with Gasteiger partial charge in [-0.1, -0.05) is 44.2 Å². The molecule has 0 bridgehead atoms. The number of likely N-dealkylation sites (tertiary alicyclic amines) is 1. The number of aliphatic hydroxyl groups excluding tert-OH is 1. The van der Waals surface area contributed by atoms with Crippen LogP contribution in [0.5, 0.6) is 0 Å². The molecule has 158 valence electrons. The van der Waals surface area contributed by atoms with Gasteiger partial charge in [0.05, 0.1) is 10.8 Å². The van der Waals surface area contributed by atoms with Crippen molar-refractivity contribution < 1.29 is 9.90 Å². The lowest BCUT2D eigenvalue weighted by atomic mass is 9.91. The van der Waals surface area contributed by atoms with E-state index in [2.05, 4.69) is 34.2 Å². The Bertz CT molecular complexity index is 881. The van der Waals surface area contributed by atoms with E-state index in [9.17, 15) is 9.90 Å². The average molecular weight is 424 g/mol. The first-order valence-electron chi connectivity index (χ1n) is 10.5. The van der Waals surface area contributed by atoms with Crippen molar-refractivity contribution in [2.45, 2.75) is 45.4 Å². The van der Waals surface area contributed by atoms with Gasteiger partial charge in [0.2, 0.25) is 5.91 Å². The molecule has 2 aromatic rings. The molecule has 1 aliphatic rings. The second kappa shape index (κ2) is 10.6. The fraction of sp³-hybridized carbons (Fsp3) is 0.417. The van der Waals surface area contributed by atoms with Gasteiger partial charge >= 0.3 is 0 Å². The fourth-order valence-corrected chi connectivity index (χ4v) is 4.30. The van der Waals surface area contributed by atoms with Crippen LogP contribution in [-0.2, 0) is 11.2 Å². The number of rotatable bonds is 7. The van der Waals surface area contributed by atoms with Gasteiger partial charge in [-0.05, 0) is 54.4 Å². The zero-order valence-electron chi connectivity index (χ0n) is 17.6. The Kier molecular flexibility index (Phi) is 7.88. The third kappa shape index (κ3) is 5.41. The molecule has 0 saturated carbocycles. The summed E-state index contributed by atoms with van der Waals surface area (Å²) in [5.41, 5.74) is 2.77. The van der Waals surface area contributed by atoms with Gasteiger partial charge in [-0.25, -0.2) is 0 Å². The number of piperidine rings is 1. The number of amides is 1. The van der Waals surface area contributed by atoms with E-state index in [0.717, 1.165) is 36.4 Å². The fourth-order valence-electron chi connectivity index (χ4n) is 4.20. The minimum absolute atomic E-state index is 0.134. The number of isothiocyanates is 1. The van der Waals surface area contributed by atoms with E-state index in [4.69, 9.17) is 0 Å². The molecule has 3 atom stereocenters. The van der Waals surface area contributed by atoms with Gasteiger partial charge < -0.3 is 10.0 Å². The lowest BCUT2D eigenvalue weighted by Gasteiger charge is -2.44. The van der Waals surface area contributed by atoms with Gasteiger partial charge in [0.1, 0.15) is 6.23 Å². The normalized spacial score (nSPS) is 20.2. The number of thiocarbonyl (C=S) groups is 1. The van der Waals surface area contributed by atoms with Gasteiger partial charge in [-0.15, -0.1) is 0 Å². The predicted molar refractivity (Wildman–Crippen MR) is 124 cm³/mol. The number of benzene rings is 2. The summed E-state index contributed by atoms with van der Waals surface area (Å²) in [5.74, 6) is 0.398. The van der Waals surface area contributed by atoms with Crippen molar-refractivity contribution >= 4 is 34.7 Å². The molecule has 2 aromatic carbocycles. The molecule has 30 heavy (non-hydrogen) atoms. The van der Waals surface area contributed by atoms with Crippen LogP contribution in [0.3, 0.4) is 0 Å². The van der Waals surface area contributed by atoms with E-state index in [-0.39, 0.29) is 17.9 Å². The second-order valence-electron chi connectivity index (χ2n) is 7.84. The Balaban J connectivity index is 1.65. The van der Waals surface area contributed by atoms with E-state index >= 15 is 0 Å². The number of hydrogen-bond acceptors (Lipinski definition) is 5. The molecule has 0 aliphatic carbocycles. The first-order chi connectivity index (χ1) is 14.5. The average Bonchev–Trinajstić information content (AvgIpc) is 2.77. The maximum Gasteiger partial charge on any atom is 0.226 e. The quantitative estimate of drug-likeness (QED) is 0.529. The third-order valence-electron chi connectivity index (χ3n) is 5.78. The monoisotopic (exact) mass is 423 g/mol. The van der Waals surface area contributed by atoms with Crippen molar-refractivity contribution in [3.63, 3.8) is 0 Å². The van der Waals surface area contributed by atoms with Crippen LogP contribution in [0.15, 0.2) is 59.6 Å². The Morgan fingerprint density at radius 2 is 1.97 bits per heavy atom. The third-order valence-corrected chi connectivity index (χ3v) is 5.87. The lowest BCUT2D eigenvalue weighted by Crippen LogP contribution is -2.54. The van der Waals surface area contributed by atoms with Gasteiger partial charge in [-0.3, -0.25) is 9.69 Å². The van der Waals surface area contributed by atoms with Crippen LogP contribution in [0.1, 0.15) is 32.3 Å². The molecule has 0 unspecified atom stereocenters. The standard InChI is InChI=1S/C24H29N3O2S/c1-3-23(28)27(21-7-5-4-6-8-21)22-13-14-26(16-18(22)2)24(29)15-19-9-11-20(12-10-19)25-17-30/h4-12,18,22,24,29H,3,13-16H2,1-2H3/t18-,22+,24+/m0/s1. The number of hydrogen-bond donors (Lipinski definition) is 1. The highest BCUT2D eigenvalue weighted by Crippen LogP contribution is 2.29. The summed E-state index contributed by atoms with van der Waals surface area (Å²) in [6, 6.07) is 17.7. The summed E-state index contributed by atoms with van der Waals surface area (Å²) in [7, 11) is 0. The van der Waals surface area contributed by atoms with Crippen molar-refractivity contribution in [2.24, 2.45) is 10.9 Å². The molecule has 3 rings (SSSR count). The van der Waals surface area contributed by atoms with Crippen LogP contribution in [0.25, 0.3) is 0 Å². The maximum atomic E-state index is 12.7. The number of nitrogens with zero attached hydrogens (tertiary/aromatic N) is 3. The molecule has 0 aromatic heterocycles. The number of carbonyl (C=O) groups is 1. The Labute approximate surface area is 184 Å². The zero-order chi connectivity index (χ0) is 21.5. The first-order valence-corrected chi connectivity index (χ1v) is 10.9. The van der Waals surface area contributed by atoms with Crippen LogP contribution in [-0.4, -0.2) is 46.4 Å². The molecule has 0 radical (unpaired) electrons. The summed E-state index contributed by atoms with van der Waals surface area (Å²) in [5, 5.41) is 13.2. The van der Waals surface area contributed by atoms with Crippen LogP contribution < -0.4 is 4.90 Å². The largest absolute Gasteiger partial charge is 0.378 e. The molecule has 5 nitrogen and oxygen atoms in total. The highest BCUT2D eigenvalue weighted by molar-refractivity contribution is 7.78. The van der Waals surface area contributed by atoms with Crippen LogP contribution in [0.4, 0.5) is 11.4 Å². The van der Waals surface area contributed by atoms with Crippen LogP contribution in [0, 0.1) is 5.92 Å². The maximum absolute atomic E-state index is 12.7. The Morgan fingerprint density at radius 1 is 1.27 bits per heavy atom. The number of para-hydroxylation sites is 1. The number of anilines is 1. The zero-order valence-corrected chi connectivity index (χ0v) is 18.4. The van der Waals surface area contributed by atoms with Crippen LogP contribution >= 0.6 is 12.2 Å². The molecule has 1 N–H and O–H groups in total. The SMILES string of the molecule is CCC(=O)N(c1ccccc1)[C@@H]1CCN([C@H](O)Cc2ccc(N=C=S)cc2)C[C@@H]1C. The molecule has 1 saturated heterocycles. The van der Waals surface area contributed by atoms with Crippen molar-refractivity contribution in [1.82, 2.24) is 4.90 Å². The Hall–Kier alpha value is -2.37. The van der Waals surface area contributed by atoms with Gasteiger partial charge in [-0.2, -0.15) is 4.99 Å². The topological polar surface area (TPSA) is 56.1 Å². The lowest BCUT2D eigenvalue weighted by molar-refractivity contribution is -0.119. The molecule has 1 fully saturated rings. The second-order valence-corrected chi connectivity index (χ2v) is 8.02. The number of carbonyl (C=O) groups excluding carboxylic acids is 1. The van der Waals surface area contributed by atoms with Crippen LogP contribution in [0.2, 0.25) is 0 Å². The first kappa shape index (κ1) is 22.3. The smallest absolute Gasteiger partial charge is 0.226 e. The molecule has 0 spiro atoms. The summed E-state index contributed by atoms with van der Waals surface area (Å²) in [6.07, 6.45) is 1.31. The van der Waals surface area contributed by atoms with E-state index in [1.807, 2.05) is 66.4 Å². The highest BCUT2D eigenvalue weighted by Gasteiger charge is 2.35. The minimum Gasteiger partial charge on any atom is -0.378 e. The molecular formula is C24H29N3O2S. The predicted octanol–water partition coefficient (Wildman–Crippen LogP) is 4.44. The highest BCUT2D eigenvalue weighted by atomic mass is 32.1. The Morgan fingerprint density at radius 3 is 2.57 bits per heavy atom. The minimum atomic E-state index is -0.555. The van der Waals surface area contributed by atoms with Crippen molar-refractivity contribution in [3.05, 3.63) is 60.2 Å². The van der Waals surface area contributed by atoms with E-state index < -0.39 is 6.23 Å². The van der Waals surface area contributed by atoms with Crippen molar-refractivity contribution in [3.8, 4) is 0 Å². The van der Waals surface area contributed by atoms with Gasteiger partial charge in [0, 0.05) is 37.7 Å². The van der Waals surface area contributed by atoms with Gasteiger partial charge in [0.15, 0.2) is 0 Å². The summed E-state index contributed by atoms with van der Waals surface area (Å²) in [4.78, 5) is 20.8. The summed E-state index contributed by atoms with van der Waals surface area (Å²) < 4.78 is 0. The summed E-state index contributed by atoms with van der Waals surface area (Å²) >= 11 is 4.63. The van der Waals surface area contributed by atoms with Gasteiger partial charge in [0.25, 0.3) is 0 Å². The number of aliphatic imine (C=N–C) groups is 1. The van der Waals surface area contributed by atoms with Crippen molar-refractivity contribution in [2.75, 3.05) is 18.0 Å². The van der Waals surface area contributed by atoms with E-state index in [0.29, 0.717) is 12.8 Å². The molecule has 1 heterocycles. The van der Waals surface area contributed by atoms with E-state index in [1.165, 1.54) is 0 Å². The molecule has 1 amide bonds. The van der Waals surface area contributed by atoms with Crippen molar-refractivity contribution in [1.29, 1.82) is 0 Å². The number of aliphatic hydroxyl groups is 1. The molecule has 6 heteroatoms. The summed E-state index contributed by atoms with van der Waals surface area (Å²) in [6.45, 7) is 5.58. The molecular weight excluding hydrogens is 394 g/mol.